The van der Waals surface area contributed by atoms with Gasteiger partial charge in [0.2, 0.25) is 0 Å². The monoisotopic (exact) mass is 277 g/mol. The van der Waals surface area contributed by atoms with E-state index in [4.69, 9.17) is 16.6 Å². The first-order valence-corrected chi connectivity index (χ1v) is 0.928. The van der Waals surface area contributed by atoms with Gasteiger partial charge in [-0.1, -0.05) is 0 Å². The maximum atomic E-state index is 8.68. The molecule has 0 aromatic carbocycles. The van der Waals surface area contributed by atoms with Crippen LogP contribution >= 0.6 is 0 Å². The minimum Gasteiger partial charge on any atom is -0.542 e. The van der Waals surface area contributed by atoms with Crippen molar-refractivity contribution in [3.8, 4) is 0 Å². The van der Waals surface area contributed by atoms with Crippen molar-refractivity contribution >= 4 is 6.29 Å². The molecule has 50 valence electrons. The van der Waals surface area contributed by atoms with Gasteiger partial charge in [0.25, 0.3) is 0 Å². The molecule has 0 saturated heterocycles. The molecule has 0 aromatic heterocycles. The molecule has 2 radical (unpaired) electrons. The summed E-state index contributed by atoms with van der Waals surface area (Å²) in [4.78, 5) is 8.68. The Kier molecular flexibility index (Phi) is 620. The fraction of sp³-hybridized carbons (Fsp3) is 0.200. The summed E-state index contributed by atoms with van der Waals surface area (Å²) in [6.45, 7) is 6.07. The van der Waals surface area contributed by atoms with E-state index in [1.807, 2.05) is 0 Å². The Labute approximate surface area is 109 Å². The molecule has 2 nitrogen and oxygen atoms in total. The minimum atomic E-state index is 0. The van der Waals surface area contributed by atoms with Crippen LogP contribution in [0.4, 0.5) is 0 Å². The second-order valence-electron chi connectivity index (χ2n) is 0.204. The van der Waals surface area contributed by atoms with Gasteiger partial charge in [-0.15, -0.1) is 0 Å². The van der Waals surface area contributed by atoms with Gasteiger partial charge in [0.1, 0.15) is 0 Å². The van der Waals surface area contributed by atoms with Gasteiger partial charge in [-0.2, -0.15) is 6.92 Å². The molecular formula is C5H9NOY2-4. The normalized spacial score (nSPS) is 1.67. The van der Waals surface area contributed by atoms with Crippen LogP contribution in [0.5, 0.6) is 0 Å². The molecule has 0 bridgehead atoms. The summed E-state index contributed by atoms with van der Waals surface area (Å²) in [6, 6.07) is 0. The molecule has 0 N–H and O–H groups in total. The third-order valence-electron chi connectivity index (χ3n) is 0. The first kappa shape index (κ1) is 47.7. The maximum Gasteiger partial charge on any atom is 0 e. The third kappa shape index (κ3) is 272. The summed E-state index contributed by atoms with van der Waals surface area (Å²) in [6.07, 6.45) is 1.50. The zero-order valence-electron chi connectivity index (χ0n) is 6.01. The zero-order chi connectivity index (χ0) is 4.71. The van der Waals surface area contributed by atoms with Gasteiger partial charge in [-0.25, -0.2) is 0 Å². The average Bonchev–Trinajstić information content (AvgIpc) is 1.46. The molecule has 0 aliphatic carbocycles. The molecular weight excluding hydrogens is 268 g/mol. The Morgan fingerprint density at radius 1 is 1.22 bits per heavy atom. The van der Waals surface area contributed by atoms with Crippen LogP contribution in [0.15, 0.2) is 0 Å². The van der Waals surface area contributed by atoms with Crippen molar-refractivity contribution in [3.63, 3.8) is 0 Å². The molecule has 0 aromatic rings. The second kappa shape index (κ2) is 117. The van der Waals surface area contributed by atoms with Crippen molar-refractivity contribution in [2.75, 3.05) is 0 Å². The van der Waals surface area contributed by atoms with E-state index in [1.54, 1.807) is 0 Å². The van der Waals surface area contributed by atoms with E-state index in [-0.39, 0.29) is 80.3 Å². The van der Waals surface area contributed by atoms with Crippen LogP contribution in [0.1, 0.15) is 6.92 Å². The smallest absolute Gasteiger partial charge is 0 e. The second-order valence-corrected chi connectivity index (χ2v) is 0.204. The number of nitrogens with zero attached hydrogens (tertiary/aromatic N) is 1. The van der Waals surface area contributed by atoms with Crippen molar-refractivity contribution < 1.29 is 70.2 Å². The van der Waals surface area contributed by atoms with Gasteiger partial charge in [0.05, 0.1) is 0 Å². The summed E-state index contributed by atoms with van der Waals surface area (Å²) in [5.74, 6) is 0. The largest absolute Gasteiger partial charge is 0.542 e. The molecule has 0 atom stereocenters. The van der Waals surface area contributed by atoms with Crippen LogP contribution in [0, 0.1) is 26.7 Å². The fourth-order valence-corrected chi connectivity index (χ4v) is 0. The van der Waals surface area contributed by atoms with E-state index in [0.717, 1.165) is 0 Å². The number of rotatable bonds is 0. The molecule has 0 rings (SSSR count). The van der Waals surface area contributed by atoms with Gasteiger partial charge >= 0.3 is 0 Å². The predicted octanol–water partition coefficient (Wildman–Crippen LogP) is 1.11. The van der Waals surface area contributed by atoms with Crippen molar-refractivity contribution in [2.45, 2.75) is 6.92 Å². The van der Waals surface area contributed by atoms with Gasteiger partial charge in [-0.3, -0.25) is 6.29 Å². The molecule has 4 heteroatoms. The molecule has 0 aliphatic rings. The number of hydrogen-bond donors (Lipinski definition) is 0. The Balaban J connectivity index is -0.00000000357. The van der Waals surface area contributed by atoms with Gasteiger partial charge in [0, 0.05) is 65.4 Å². The van der Waals surface area contributed by atoms with E-state index in [1.165, 1.54) is 13.2 Å². The molecule has 0 fully saturated rings. The molecule has 0 aliphatic heterocycles. The van der Waals surface area contributed by atoms with Crippen LogP contribution < -0.4 is 0 Å². The molecule has 0 heterocycles. The summed E-state index contributed by atoms with van der Waals surface area (Å²) < 4.78 is 0. The first-order valence-electron chi connectivity index (χ1n) is 0.928. The van der Waals surface area contributed by atoms with Crippen LogP contribution in [-0.4, -0.2) is 6.29 Å². The van der Waals surface area contributed by atoms with Crippen molar-refractivity contribution in [3.05, 3.63) is 21.4 Å². The maximum absolute atomic E-state index is 8.68. The zero-order valence-corrected chi connectivity index (χ0v) is 11.7. The van der Waals surface area contributed by atoms with E-state index >= 15 is 0 Å². The van der Waals surface area contributed by atoms with E-state index in [2.05, 4.69) is 0 Å². The molecule has 0 unspecified atom stereocenters. The summed E-state index contributed by atoms with van der Waals surface area (Å²) in [5.41, 5.74) is 0. The molecule has 0 spiro atoms. The van der Waals surface area contributed by atoms with E-state index in [0.29, 0.717) is 0 Å². The Morgan fingerprint density at radius 2 is 1.22 bits per heavy atom. The van der Waals surface area contributed by atoms with Gasteiger partial charge in [0.15, 0.2) is 0 Å². The van der Waals surface area contributed by atoms with Gasteiger partial charge in [-0.05, 0) is 0 Å². The predicted molar refractivity (Wildman–Crippen MR) is 29.2 cm³/mol. The fourth-order valence-electron chi connectivity index (χ4n) is 0. The molecule has 9 heavy (non-hydrogen) atoms. The standard InChI is InChI=1S/C2H3O.CN.2CH3.2Y/c1-2-3;1-2;;;;/h1H3;;2*1H3;;/q4*-1;;. The Hall–Kier alpha value is 1.37. The first-order chi connectivity index (χ1) is 2.41. The molecule has 0 amide bonds. The van der Waals surface area contributed by atoms with Crippen molar-refractivity contribution in [2.24, 2.45) is 0 Å². The topological polar surface area (TPSA) is 40.9 Å². The summed E-state index contributed by atoms with van der Waals surface area (Å²) in [5, 5.41) is 6.25. The van der Waals surface area contributed by atoms with Crippen molar-refractivity contribution in [1.29, 1.82) is 5.26 Å². The van der Waals surface area contributed by atoms with Crippen LogP contribution in [0.3, 0.4) is 0 Å². The Morgan fingerprint density at radius 3 is 1.22 bits per heavy atom. The number of carbonyl (C=O) groups excluding carboxylic acids is 1. The average molecular weight is 277 g/mol. The van der Waals surface area contributed by atoms with E-state index in [9.17, 15) is 0 Å². The minimum absolute atomic E-state index is 0. The van der Waals surface area contributed by atoms with E-state index < -0.39 is 0 Å². The van der Waals surface area contributed by atoms with Crippen molar-refractivity contribution in [1.82, 2.24) is 0 Å². The third-order valence-corrected chi connectivity index (χ3v) is 0. The summed E-state index contributed by atoms with van der Waals surface area (Å²) >= 11 is 0. The number of hydrogen-bond acceptors (Lipinski definition) is 2. The van der Waals surface area contributed by atoms with Crippen LogP contribution in [0.25, 0.3) is 0 Å². The molecule has 0 saturated carbocycles. The van der Waals surface area contributed by atoms with Crippen LogP contribution in [0.2, 0.25) is 0 Å². The quantitative estimate of drug-likeness (QED) is 0.622. The summed E-state index contributed by atoms with van der Waals surface area (Å²) in [7, 11) is 0. The SMILES string of the molecule is C[C-]=O.[C-]#N.[CH3-].[CH3-].[Y].[Y]. The van der Waals surface area contributed by atoms with Crippen LogP contribution in [-0.2, 0) is 70.2 Å². The van der Waals surface area contributed by atoms with Gasteiger partial charge < -0.3 is 31.5 Å². The Bertz CT molecular complexity index is 39.2.